The number of fused-ring (bicyclic) bond motifs is 7. The molecule has 0 bridgehead atoms. The molecule has 0 amide bonds. The Bertz CT molecular complexity index is 1260. The van der Waals surface area contributed by atoms with E-state index in [2.05, 4.69) is 55.0 Å². The number of ether oxygens (including phenoxy) is 1. The van der Waals surface area contributed by atoms with Crippen molar-refractivity contribution in [1.29, 1.82) is 0 Å². The maximum Gasteiger partial charge on any atom is 0.331 e. The van der Waals surface area contributed by atoms with Gasteiger partial charge in [-0.25, -0.2) is 4.79 Å². The van der Waals surface area contributed by atoms with Gasteiger partial charge >= 0.3 is 5.97 Å². The highest BCUT2D eigenvalue weighted by molar-refractivity contribution is 5.87. The van der Waals surface area contributed by atoms with Crippen molar-refractivity contribution in [2.24, 2.45) is 56.7 Å². The van der Waals surface area contributed by atoms with Gasteiger partial charge in [-0.3, -0.25) is 0 Å². The van der Waals surface area contributed by atoms with E-state index in [1.807, 2.05) is 12.1 Å². The van der Waals surface area contributed by atoms with Gasteiger partial charge in [0, 0.05) is 11.5 Å². The van der Waals surface area contributed by atoms with Crippen LogP contribution in [0.5, 0.6) is 5.75 Å². The Balaban J connectivity index is 1.22. The van der Waals surface area contributed by atoms with Gasteiger partial charge in [0.25, 0.3) is 0 Å². The van der Waals surface area contributed by atoms with Crippen LogP contribution in [0.25, 0.3) is 6.08 Å². The van der Waals surface area contributed by atoms with Gasteiger partial charge in [-0.05, 0) is 146 Å². The molecule has 1 aromatic carbocycles. The lowest BCUT2D eigenvalue weighted by molar-refractivity contribution is -0.248. The number of hydrogen-bond acceptors (Lipinski definition) is 3. The predicted octanol–water partition coefficient (Wildman–Crippen LogP) is 9.99. The first-order chi connectivity index (χ1) is 19.7. The summed E-state index contributed by atoms with van der Waals surface area (Å²) in [7, 11) is 0. The highest BCUT2D eigenvalue weighted by atomic mass is 16.5. The Kier molecular flexibility index (Phi) is 7.14. The zero-order valence-electron chi connectivity index (χ0n) is 27.5. The average Bonchev–Trinajstić information content (AvgIpc) is 3.28. The summed E-state index contributed by atoms with van der Waals surface area (Å²) in [6.45, 7) is 22.3. The van der Waals surface area contributed by atoms with Crippen molar-refractivity contribution < 1.29 is 14.6 Å². The number of allylic oxidation sites excluding steroid dienone is 1. The van der Waals surface area contributed by atoms with E-state index >= 15 is 0 Å². The molecular weight excluding hydrogens is 516 g/mol. The second-order valence-electron chi connectivity index (χ2n) is 17.1. The van der Waals surface area contributed by atoms with Crippen LogP contribution in [0.2, 0.25) is 0 Å². The Morgan fingerprint density at radius 2 is 1.57 bits per heavy atom. The second-order valence-corrected chi connectivity index (χ2v) is 17.1. The van der Waals surface area contributed by atoms with Crippen molar-refractivity contribution in [2.75, 3.05) is 0 Å². The zero-order chi connectivity index (χ0) is 30.3. The lowest BCUT2D eigenvalue weighted by atomic mass is 9.32. The van der Waals surface area contributed by atoms with E-state index in [9.17, 15) is 9.90 Å². The molecule has 0 aliphatic heterocycles. The van der Waals surface area contributed by atoms with E-state index in [-0.39, 0.29) is 28.7 Å². The van der Waals surface area contributed by atoms with Crippen molar-refractivity contribution in [2.45, 2.75) is 119 Å². The molecule has 0 spiro atoms. The summed E-state index contributed by atoms with van der Waals surface area (Å²) in [6, 6.07) is 6.89. The first kappa shape index (κ1) is 30.0. The topological polar surface area (TPSA) is 46.5 Å². The van der Waals surface area contributed by atoms with E-state index in [4.69, 9.17) is 4.74 Å². The van der Waals surface area contributed by atoms with Gasteiger partial charge in [-0.1, -0.05) is 65.8 Å². The summed E-state index contributed by atoms with van der Waals surface area (Å²) < 4.78 is 6.22. The molecular formula is C39H56O3. The van der Waals surface area contributed by atoms with Crippen LogP contribution in [0, 0.1) is 56.7 Å². The number of aromatic hydroxyl groups is 1. The second kappa shape index (κ2) is 10.00. The minimum atomic E-state index is -0.257. The molecule has 230 valence electrons. The van der Waals surface area contributed by atoms with Crippen molar-refractivity contribution in [3.05, 3.63) is 48.1 Å². The molecule has 1 aromatic rings. The molecule has 3 heteroatoms. The maximum absolute atomic E-state index is 13.0. The number of hydrogen-bond donors (Lipinski definition) is 1. The lowest BCUT2D eigenvalue weighted by Crippen LogP contribution is -2.66. The van der Waals surface area contributed by atoms with Crippen LogP contribution in [0.1, 0.15) is 118 Å². The van der Waals surface area contributed by atoms with Crippen LogP contribution < -0.4 is 0 Å². The summed E-state index contributed by atoms with van der Waals surface area (Å²) in [5, 5.41) is 9.54. The highest BCUT2D eigenvalue weighted by Gasteiger charge is 2.70. The van der Waals surface area contributed by atoms with E-state index in [0.29, 0.717) is 28.1 Å². The summed E-state index contributed by atoms with van der Waals surface area (Å²) in [5.74, 6) is 3.57. The molecule has 0 saturated heterocycles. The summed E-state index contributed by atoms with van der Waals surface area (Å²) in [4.78, 5) is 13.0. The highest BCUT2D eigenvalue weighted by Crippen LogP contribution is 2.77. The summed E-state index contributed by atoms with van der Waals surface area (Å²) in [5.41, 5.74) is 3.78. The quantitative estimate of drug-likeness (QED) is 0.222. The predicted molar refractivity (Wildman–Crippen MR) is 172 cm³/mol. The van der Waals surface area contributed by atoms with Crippen LogP contribution in [-0.2, 0) is 9.53 Å². The van der Waals surface area contributed by atoms with Crippen molar-refractivity contribution in [1.82, 2.24) is 0 Å². The Hall–Kier alpha value is -2.03. The third-order valence-corrected chi connectivity index (χ3v) is 15.0. The molecule has 0 aromatic heterocycles. The van der Waals surface area contributed by atoms with Crippen molar-refractivity contribution in [3.63, 3.8) is 0 Å². The van der Waals surface area contributed by atoms with Crippen LogP contribution in [-0.4, -0.2) is 17.2 Å². The van der Waals surface area contributed by atoms with Crippen LogP contribution in [0.15, 0.2) is 42.5 Å². The number of phenolic OH excluding ortho intramolecular Hbond substituents is 1. The Morgan fingerprint density at radius 3 is 2.26 bits per heavy atom. The molecule has 1 N–H and O–H groups in total. The molecule has 0 radical (unpaired) electrons. The van der Waals surface area contributed by atoms with Crippen molar-refractivity contribution >= 4 is 12.0 Å². The zero-order valence-corrected chi connectivity index (χ0v) is 27.5. The van der Waals surface area contributed by atoms with Gasteiger partial charge in [-0.2, -0.15) is 0 Å². The van der Waals surface area contributed by atoms with E-state index in [1.165, 1.54) is 56.9 Å². The maximum atomic E-state index is 13.0. The molecule has 0 heterocycles. The largest absolute Gasteiger partial charge is 0.508 e. The van der Waals surface area contributed by atoms with E-state index in [1.54, 1.807) is 24.3 Å². The van der Waals surface area contributed by atoms with Gasteiger partial charge in [0.2, 0.25) is 0 Å². The number of rotatable bonds is 4. The molecule has 5 saturated carbocycles. The fourth-order valence-corrected chi connectivity index (χ4v) is 12.6. The van der Waals surface area contributed by atoms with Gasteiger partial charge in [0.1, 0.15) is 11.9 Å². The minimum absolute atomic E-state index is 0.0598. The fraction of sp³-hybridized carbons (Fsp3) is 0.718. The molecule has 6 rings (SSSR count). The standard InChI is InChI=1S/C39H56O3/c1-25(2)28-17-20-36(5)23-24-38(7)29(34(28)36)14-15-31-37(6)21-19-32(35(3,4)30(37)18-22-39(31,38)8)42-33(41)16-11-26-9-12-27(40)13-10-26/h9-13,16,28-32,34,40H,1,14-15,17-24H2,2-8H3/b16-11-/t28-,29-,30+,31-,32-,34+,36-,37+,38-,39-/m1/s1. The summed E-state index contributed by atoms with van der Waals surface area (Å²) in [6.07, 6.45) is 16.2. The molecule has 5 fully saturated rings. The first-order valence-electron chi connectivity index (χ1n) is 17.0. The van der Waals surface area contributed by atoms with Crippen LogP contribution in [0.4, 0.5) is 0 Å². The molecule has 3 nitrogen and oxygen atoms in total. The molecule has 5 aliphatic rings. The third kappa shape index (κ3) is 4.29. The molecule has 42 heavy (non-hydrogen) atoms. The third-order valence-electron chi connectivity index (χ3n) is 15.0. The molecule has 10 atom stereocenters. The number of phenols is 1. The Morgan fingerprint density at radius 1 is 0.857 bits per heavy atom. The normalized spacial score (nSPS) is 45.8. The lowest BCUT2D eigenvalue weighted by Gasteiger charge is -2.73. The number of carbonyl (C=O) groups is 1. The Labute approximate surface area is 255 Å². The molecule has 0 unspecified atom stereocenters. The number of carbonyl (C=O) groups excluding carboxylic acids is 1. The van der Waals surface area contributed by atoms with E-state index in [0.717, 1.165) is 36.2 Å². The van der Waals surface area contributed by atoms with Gasteiger partial charge in [-0.15, -0.1) is 0 Å². The van der Waals surface area contributed by atoms with Crippen molar-refractivity contribution in [3.8, 4) is 5.75 Å². The SMILES string of the molecule is C=C(C)[C@H]1CC[C@]2(C)CC[C@]3(C)[C@H](CC[C@@H]4[C@@]5(C)CC[C@@H](OC(=O)/C=C\c6ccc(O)cc6)C(C)(C)[C@@H]5CC[C@]43C)[C@H]12. The summed E-state index contributed by atoms with van der Waals surface area (Å²) >= 11 is 0. The van der Waals surface area contributed by atoms with Gasteiger partial charge in [0.15, 0.2) is 0 Å². The first-order valence-corrected chi connectivity index (χ1v) is 17.0. The molecule has 5 aliphatic carbocycles. The van der Waals surface area contributed by atoms with Gasteiger partial charge in [0.05, 0.1) is 0 Å². The van der Waals surface area contributed by atoms with Crippen LogP contribution >= 0.6 is 0 Å². The smallest absolute Gasteiger partial charge is 0.331 e. The average molecular weight is 573 g/mol. The fourth-order valence-electron chi connectivity index (χ4n) is 12.6. The minimum Gasteiger partial charge on any atom is -0.508 e. The van der Waals surface area contributed by atoms with Crippen LogP contribution in [0.3, 0.4) is 0 Å². The number of esters is 1. The van der Waals surface area contributed by atoms with Gasteiger partial charge < -0.3 is 9.84 Å². The van der Waals surface area contributed by atoms with E-state index < -0.39 is 0 Å². The monoisotopic (exact) mass is 572 g/mol. The number of benzene rings is 1.